The topological polar surface area (TPSA) is 21.3 Å². The summed E-state index contributed by atoms with van der Waals surface area (Å²) in [7, 11) is 0. The van der Waals surface area contributed by atoms with Gasteiger partial charge in [-0.1, -0.05) is 6.92 Å². The van der Waals surface area contributed by atoms with Crippen molar-refractivity contribution >= 4 is 0 Å². The predicted molar refractivity (Wildman–Crippen MR) is 53.8 cm³/mol. The van der Waals surface area contributed by atoms with Crippen molar-refractivity contribution in [1.82, 2.24) is 5.32 Å². The highest BCUT2D eigenvalue weighted by molar-refractivity contribution is 4.99. The minimum absolute atomic E-state index is 0.334. The van der Waals surface area contributed by atoms with Crippen molar-refractivity contribution in [2.24, 2.45) is 0 Å². The number of hydrogen-bond acceptors (Lipinski definition) is 2. The van der Waals surface area contributed by atoms with Gasteiger partial charge in [-0.05, 0) is 45.1 Å². The quantitative estimate of drug-likeness (QED) is 0.707. The van der Waals surface area contributed by atoms with Crippen molar-refractivity contribution in [3.8, 4) is 0 Å². The van der Waals surface area contributed by atoms with Crippen molar-refractivity contribution in [1.29, 1.82) is 0 Å². The lowest BCUT2D eigenvalue weighted by atomic mass is 9.84. The zero-order chi connectivity index (χ0) is 9.15. The molecule has 2 unspecified atom stereocenters. The van der Waals surface area contributed by atoms with Gasteiger partial charge in [0, 0.05) is 12.1 Å². The van der Waals surface area contributed by atoms with Crippen molar-refractivity contribution in [2.75, 3.05) is 13.2 Å². The minimum atomic E-state index is 0.334. The van der Waals surface area contributed by atoms with E-state index in [2.05, 4.69) is 12.2 Å². The molecule has 76 valence electrons. The first-order chi connectivity index (χ1) is 6.37. The molecule has 0 aromatic heterocycles. The first-order valence-electron chi connectivity index (χ1n) is 5.74. The molecule has 0 aromatic carbocycles. The second kappa shape index (κ2) is 3.97. The molecule has 1 N–H and O–H groups in total. The van der Waals surface area contributed by atoms with Gasteiger partial charge >= 0.3 is 0 Å². The van der Waals surface area contributed by atoms with E-state index in [0.29, 0.717) is 11.6 Å². The Balaban J connectivity index is 2.01. The summed E-state index contributed by atoms with van der Waals surface area (Å²) in [5, 5.41) is 3.66. The molecule has 0 aliphatic carbocycles. The summed E-state index contributed by atoms with van der Waals surface area (Å²) in [5.41, 5.74) is 0.334. The summed E-state index contributed by atoms with van der Waals surface area (Å²) in [4.78, 5) is 0. The zero-order valence-corrected chi connectivity index (χ0v) is 8.64. The summed E-state index contributed by atoms with van der Waals surface area (Å²) in [5.74, 6) is 0. The van der Waals surface area contributed by atoms with Crippen LogP contribution < -0.4 is 5.32 Å². The summed E-state index contributed by atoms with van der Waals surface area (Å²) in [6, 6.07) is 0. The summed E-state index contributed by atoms with van der Waals surface area (Å²) < 4.78 is 5.89. The standard InChI is InChI=1S/C11H21NO/c1-2-11(7-5-8-12-11)10-6-3-4-9-13-10/h10,12H,2-9H2,1H3. The maximum Gasteiger partial charge on any atom is 0.0756 e. The molecule has 2 fully saturated rings. The van der Waals surface area contributed by atoms with E-state index in [1.165, 1.54) is 45.1 Å². The highest BCUT2D eigenvalue weighted by Crippen LogP contribution is 2.33. The van der Waals surface area contributed by atoms with Crippen LogP contribution in [-0.2, 0) is 4.74 Å². The van der Waals surface area contributed by atoms with E-state index >= 15 is 0 Å². The fraction of sp³-hybridized carbons (Fsp3) is 1.00. The van der Waals surface area contributed by atoms with Crippen LogP contribution in [0.5, 0.6) is 0 Å². The van der Waals surface area contributed by atoms with E-state index < -0.39 is 0 Å². The fourth-order valence-electron chi connectivity index (χ4n) is 2.81. The lowest BCUT2D eigenvalue weighted by Crippen LogP contribution is -2.52. The van der Waals surface area contributed by atoms with E-state index in [4.69, 9.17) is 4.74 Å². The largest absolute Gasteiger partial charge is 0.376 e. The maximum atomic E-state index is 5.89. The Morgan fingerprint density at radius 2 is 2.31 bits per heavy atom. The van der Waals surface area contributed by atoms with Gasteiger partial charge in [-0.25, -0.2) is 0 Å². The molecule has 2 aliphatic heterocycles. The van der Waals surface area contributed by atoms with Crippen LogP contribution in [0.15, 0.2) is 0 Å². The fourth-order valence-corrected chi connectivity index (χ4v) is 2.81. The Hall–Kier alpha value is -0.0800. The van der Waals surface area contributed by atoms with Crippen LogP contribution in [0, 0.1) is 0 Å². The first-order valence-corrected chi connectivity index (χ1v) is 5.74. The van der Waals surface area contributed by atoms with E-state index in [-0.39, 0.29) is 0 Å². The van der Waals surface area contributed by atoms with Gasteiger partial charge in [0.1, 0.15) is 0 Å². The molecule has 13 heavy (non-hydrogen) atoms. The average Bonchev–Trinajstić information content (AvgIpc) is 2.69. The van der Waals surface area contributed by atoms with Crippen LogP contribution in [0.1, 0.15) is 45.4 Å². The van der Waals surface area contributed by atoms with E-state index in [0.717, 1.165) is 6.61 Å². The third-order valence-corrected chi connectivity index (χ3v) is 3.70. The second-order valence-electron chi connectivity index (χ2n) is 4.40. The smallest absolute Gasteiger partial charge is 0.0756 e. The number of nitrogens with one attached hydrogen (secondary N) is 1. The van der Waals surface area contributed by atoms with Gasteiger partial charge in [-0.3, -0.25) is 0 Å². The molecule has 0 saturated carbocycles. The van der Waals surface area contributed by atoms with Crippen molar-refractivity contribution in [3.63, 3.8) is 0 Å². The molecule has 2 saturated heterocycles. The molecule has 0 aromatic rings. The highest BCUT2D eigenvalue weighted by Gasteiger charge is 2.40. The van der Waals surface area contributed by atoms with Crippen LogP contribution in [0.4, 0.5) is 0 Å². The molecule has 0 bridgehead atoms. The molecule has 2 atom stereocenters. The first kappa shape index (κ1) is 9.47. The van der Waals surface area contributed by atoms with Gasteiger partial charge in [0.2, 0.25) is 0 Å². The SMILES string of the molecule is CCC1(C2CCCCO2)CCCN1. The van der Waals surface area contributed by atoms with Gasteiger partial charge in [0.05, 0.1) is 6.10 Å². The Bertz CT molecular complexity index is 157. The molecule has 2 heteroatoms. The lowest BCUT2D eigenvalue weighted by Gasteiger charge is -2.39. The Morgan fingerprint density at radius 1 is 1.38 bits per heavy atom. The molecular formula is C11H21NO. The molecule has 0 spiro atoms. The Morgan fingerprint density at radius 3 is 2.85 bits per heavy atom. The van der Waals surface area contributed by atoms with Gasteiger partial charge in [-0.15, -0.1) is 0 Å². The lowest BCUT2D eigenvalue weighted by molar-refractivity contribution is -0.0409. The molecular weight excluding hydrogens is 162 g/mol. The van der Waals surface area contributed by atoms with Crippen molar-refractivity contribution < 1.29 is 4.74 Å². The Labute approximate surface area is 81.0 Å². The van der Waals surface area contributed by atoms with Crippen LogP contribution in [0.2, 0.25) is 0 Å². The summed E-state index contributed by atoms with van der Waals surface area (Å²) >= 11 is 0. The van der Waals surface area contributed by atoms with Crippen LogP contribution >= 0.6 is 0 Å². The second-order valence-corrected chi connectivity index (χ2v) is 4.40. The zero-order valence-electron chi connectivity index (χ0n) is 8.64. The molecule has 0 amide bonds. The molecule has 2 nitrogen and oxygen atoms in total. The summed E-state index contributed by atoms with van der Waals surface area (Å²) in [6.07, 6.45) is 8.24. The van der Waals surface area contributed by atoms with Gasteiger partial charge in [0.15, 0.2) is 0 Å². The monoisotopic (exact) mass is 183 g/mol. The molecule has 2 aliphatic rings. The van der Waals surface area contributed by atoms with Crippen LogP contribution in [0.25, 0.3) is 0 Å². The highest BCUT2D eigenvalue weighted by atomic mass is 16.5. The predicted octanol–water partition coefficient (Wildman–Crippen LogP) is 2.09. The Kier molecular flexibility index (Phi) is 2.89. The normalized spacial score (nSPS) is 40.8. The van der Waals surface area contributed by atoms with Crippen molar-refractivity contribution in [3.05, 3.63) is 0 Å². The molecule has 0 radical (unpaired) electrons. The third-order valence-electron chi connectivity index (χ3n) is 3.70. The maximum absolute atomic E-state index is 5.89. The number of ether oxygens (including phenoxy) is 1. The number of rotatable bonds is 2. The number of hydrogen-bond donors (Lipinski definition) is 1. The average molecular weight is 183 g/mol. The van der Waals surface area contributed by atoms with Crippen LogP contribution in [-0.4, -0.2) is 24.8 Å². The van der Waals surface area contributed by atoms with Gasteiger partial charge < -0.3 is 10.1 Å². The van der Waals surface area contributed by atoms with E-state index in [1.807, 2.05) is 0 Å². The van der Waals surface area contributed by atoms with Crippen molar-refractivity contribution in [2.45, 2.75) is 57.1 Å². The third kappa shape index (κ3) is 1.75. The van der Waals surface area contributed by atoms with E-state index in [1.54, 1.807) is 0 Å². The van der Waals surface area contributed by atoms with Gasteiger partial charge in [-0.2, -0.15) is 0 Å². The molecule has 2 heterocycles. The van der Waals surface area contributed by atoms with Crippen LogP contribution in [0.3, 0.4) is 0 Å². The summed E-state index contributed by atoms with van der Waals surface area (Å²) in [6.45, 7) is 4.46. The van der Waals surface area contributed by atoms with E-state index in [9.17, 15) is 0 Å². The molecule has 2 rings (SSSR count). The van der Waals surface area contributed by atoms with Gasteiger partial charge in [0.25, 0.3) is 0 Å². The minimum Gasteiger partial charge on any atom is -0.376 e.